The highest BCUT2D eigenvalue weighted by molar-refractivity contribution is 9.10. The Hall–Kier alpha value is -3.07. The van der Waals surface area contributed by atoms with E-state index in [4.69, 9.17) is 10.2 Å². The van der Waals surface area contributed by atoms with Crippen LogP contribution in [0.5, 0.6) is 0 Å². The Labute approximate surface area is 145 Å². The Morgan fingerprint density at radius 3 is 2.58 bits per heavy atom. The summed E-state index contributed by atoms with van der Waals surface area (Å²) in [5.74, 6) is 0.412. The molecule has 0 aliphatic heterocycles. The first-order valence-corrected chi connectivity index (χ1v) is 7.65. The summed E-state index contributed by atoms with van der Waals surface area (Å²) < 4.78 is 5.96. The maximum atomic E-state index is 11.8. The Kier molecular flexibility index (Phi) is 4.62. The summed E-state index contributed by atoms with van der Waals surface area (Å²) in [4.78, 5) is 19.9. The number of nitrogen functional groups attached to an aromatic ring is 1. The first-order chi connectivity index (χ1) is 11.6. The standard InChI is InChI=1S/C15H13BrN6O2/c16-9-3-5-10(6-4-9)20-13-12(17)14(19-8-18-13)21-22-15(23)11-2-1-7-24-11/h1-8H,17H2,(H,22,23)(H2,18,19,20,21). The van der Waals surface area contributed by atoms with E-state index in [1.807, 2.05) is 24.3 Å². The van der Waals surface area contributed by atoms with Gasteiger partial charge >= 0.3 is 5.91 Å². The maximum absolute atomic E-state index is 11.8. The number of amides is 1. The van der Waals surface area contributed by atoms with Gasteiger partial charge < -0.3 is 15.5 Å². The fourth-order valence-electron chi connectivity index (χ4n) is 1.85. The van der Waals surface area contributed by atoms with E-state index < -0.39 is 5.91 Å². The highest BCUT2D eigenvalue weighted by atomic mass is 79.9. The number of hydrogen-bond acceptors (Lipinski definition) is 7. The lowest BCUT2D eigenvalue weighted by atomic mass is 10.3. The zero-order valence-electron chi connectivity index (χ0n) is 12.3. The van der Waals surface area contributed by atoms with Gasteiger partial charge in [0.25, 0.3) is 0 Å². The number of benzene rings is 1. The minimum atomic E-state index is -0.444. The molecule has 24 heavy (non-hydrogen) atoms. The van der Waals surface area contributed by atoms with Gasteiger partial charge in [-0.2, -0.15) is 0 Å². The topological polar surface area (TPSA) is 118 Å². The average molecular weight is 389 g/mol. The smallest absolute Gasteiger partial charge is 0.305 e. The van der Waals surface area contributed by atoms with Gasteiger partial charge in [0.15, 0.2) is 17.4 Å². The number of nitrogens with one attached hydrogen (secondary N) is 3. The van der Waals surface area contributed by atoms with Crippen LogP contribution in [0.1, 0.15) is 10.6 Å². The number of furan rings is 1. The molecule has 0 saturated carbocycles. The van der Waals surface area contributed by atoms with Gasteiger partial charge in [0.2, 0.25) is 0 Å². The van der Waals surface area contributed by atoms with Crippen molar-refractivity contribution in [1.29, 1.82) is 0 Å². The van der Waals surface area contributed by atoms with Crippen molar-refractivity contribution in [1.82, 2.24) is 15.4 Å². The molecule has 3 rings (SSSR count). The van der Waals surface area contributed by atoms with Crippen LogP contribution in [-0.4, -0.2) is 15.9 Å². The van der Waals surface area contributed by atoms with Crippen LogP contribution in [0, 0.1) is 0 Å². The van der Waals surface area contributed by atoms with Crippen LogP contribution in [0.2, 0.25) is 0 Å². The van der Waals surface area contributed by atoms with Crippen molar-refractivity contribution in [3.05, 3.63) is 59.2 Å². The summed E-state index contributed by atoms with van der Waals surface area (Å²) in [7, 11) is 0. The van der Waals surface area contributed by atoms with Crippen molar-refractivity contribution in [3.8, 4) is 0 Å². The number of halogens is 1. The fourth-order valence-corrected chi connectivity index (χ4v) is 2.11. The van der Waals surface area contributed by atoms with Crippen molar-refractivity contribution in [2.45, 2.75) is 0 Å². The van der Waals surface area contributed by atoms with Crippen LogP contribution in [0.4, 0.5) is 23.0 Å². The molecular weight excluding hydrogens is 376 g/mol. The first kappa shape index (κ1) is 15.8. The molecule has 1 aromatic carbocycles. The van der Waals surface area contributed by atoms with Gasteiger partial charge in [-0.05, 0) is 36.4 Å². The molecule has 5 N–H and O–H groups in total. The van der Waals surface area contributed by atoms with Gasteiger partial charge in [-0.25, -0.2) is 9.97 Å². The third kappa shape index (κ3) is 3.63. The number of carbonyl (C=O) groups excluding carboxylic acids is 1. The number of anilines is 4. The van der Waals surface area contributed by atoms with E-state index in [2.05, 4.69) is 42.1 Å². The second-order valence-corrected chi connectivity index (χ2v) is 5.59. The molecular formula is C15H13BrN6O2. The highest BCUT2D eigenvalue weighted by Gasteiger charge is 2.11. The quantitative estimate of drug-likeness (QED) is 0.496. The summed E-state index contributed by atoms with van der Waals surface area (Å²) in [6.45, 7) is 0. The minimum absolute atomic E-state index is 0.170. The molecule has 2 aromatic heterocycles. The molecule has 0 aliphatic carbocycles. The van der Waals surface area contributed by atoms with Crippen LogP contribution in [0.15, 0.2) is 57.9 Å². The molecule has 122 valence electrons. The second-order valence-electron chi connectivity index (χ2n) is 4.67. The highest BCUT2D eigenvalue weighted by Crippen LogP contribution is 2.26. The number of hydrogen-bond donors (Lipinski definition) is 4. The second kappa shape index (κ2) is 7.01. The number of nitrogens with two attached hydrogens (primary N) is 1. The van der Waals surface area contributed by atoms with Crippen molar-refractivity contribution in [3.63, 3.8) is 0 Å². The van der Waals surface area contributed by atoms with Gasteiger partial charge in [0, 0.05) is 10.2 Å². The molecule has 0 saturated heterocycles. The van der Waals surface area contributed by atoms with Crippen molar-refractivity contribution in [2.24, 2.45) is 0 Å². The predicted octanol–water partition coefficient (Wildman–Crippen LogP) is 2.91. The van der Waals surface area contributed by atoms with E-state index in [0.717, 1.165) is 10.2 Å². The molecule has 0 radical (unpaired) electrons. The zero-order valence-corrected chi connectivity index (χ0v) is 13.9. The normalized spacial score (nSPS) is 10.2. The molecule has 9 heteroatoms. The third-order valence-corrected chi connectivity index (χ3v) is 3.56. The molecule has 0 fully saturated rings. The van der Waals surface area contributed by atoms with E-state index in [1.165, 1.54) is 12.6 Å². The average Bonchev–Trinajstić information content (AvgIpc) is 3.12. The van der Waals surface area contributed by atoms with Crippen LogP contribution in [0.25, 0.3) is 0 Å². The van der Waals surface area contributed by atoms with Crippen molar-refractivity contribution in [2.75, 3.05) is 16.5 Å². The Morgan fingerprint density at radius 1 is 1.12 bits per heavy atom. The monoisotopic (exact) mass is 388 g/mol. The van der Waals surface area contributed by atoms with Gasteiger partial charge in [-0.15, -0.1) is 0 Å². The predicted molar refractivity (Wildman–Crippen MR) is 93.7 cm³/mol. The molecule has 0 aliphatic rings. The van der Waals surface area contributed by atoms with Gasteiger partial charge in [-0.1, -0.05) is 15.9 Å². The Balaban J connectivity index is 1.71. The molecule has 0 atom stereocenters. The Bertz CT molecular complexity index is 836. The summed E-state index contributed by atoms with van der Waals surface area (Å²) in [5, 5.41) is 3.09. The van der Waals surface area contributed by atoms with E-state index >= 15 is 0 Å². The summed E-state index contributed by atoms with van der Waals surface area (Å²) in [6.07, 6.45) is 2.74. The summed E-state index contributed by atoms with van der Waals surface area (Å²) in [5.41, 5.74) is 12.2. The molecule has 0 spiro atoms. The van der Waals surface area contributed by atoms with E-state index in [-0.39, 0.29) is 17.3 Å². The van der Waals surface area contributed by atoms with Crippen LogP contribution < -0.4 is 21.9 Å². The molecule has 8 nitrogen and oxygen atoms in total. The summed E-state index contributed by atoms with van der Waals surface area (Å²) in [6, 6.07) is 10.7. The Morgan fingerprint density at radius 2 is 1.88 bits per heavy atom. The number of nitrogens with zero attached hydrogens (tertiary/aromatic N) is 2. The van der Waals surface area contributed by atoms with Crippen LogP contribution >= 0.6 is 15.9 Å². The fraction of sp³-hybridized carbons (Fsp3) is 0. The van der Waals surface area contributed by atoms with Crippen LogP contribution in [0.3, 0.4) is 0 Å². The lowest BCUT2D eigenvalue weighted by molar-refractivity contribution is 0.0935. The number of aromatic nitrogens is 2. The number of rotatable bonds is 5. The first-order valence-electron chi connectivity index (χ1n) is 6.86. The molecule has 3 aromatic rings. The van der Waals surface area contributed by atoms with Gasteiger partial charge in [0.1, 0.15) is 12.0 Å². The largest absolute Gasteiger partial charge is 0.459 e. The zero-order chi connectivity index (χ0) is 16.9. The SMILES string of the molecule is Nc1c(NNC(=O)c2ccco2)ncnc1Nc1ccc(Br)cc1. The molecule has 2 heterocycles. The minimum Gasteiger partial charge on any atom is -0.459 e. The maximum Gasteiger partial charge on any atom is 0.305 e. The van der Waals surface area contributed by atoms with Crippen molar-refractivity contribution >= 4 is 44.8 Å². The van der Waals surface area contributed by atoms with Crippen molar-refractivity contribution < 1.29 is 9.21 Å². The van der Waals surface area contributed by atoms with E-state index in [9.17, 15) is 4.79 Å². The number of carbonyl (C=O) groups is 1. The lowest BCUT2D eigenvalue weighted by Crippen LogP contribution is -2.30. The van der Waals surface area contributed by atoms with E-state index in [1.54, 1.807) is 12.1 Å². The van der Waals surface area contributed by atoms with Gasteiger partial charge in [-0.3, -0.25) is 15.6 Å². The molecule has 0 bridgehead atoms. The third-order valence-electron chi connectivity index (χ3n) is 3.03. The van der Waals surface area contributed by atoms with Gasteiger partial charge in [0.05, 0.1) is 6.26 Å². The van der Waals surface area contributed by atoms with Crippen LogP contribution in [-0.2, 0) is 0 Å². The number of hydrazine groups is 1. The van der Waals surface area contributed by atoms with E-state index in [0.29, 0.717) is 5.82 Å². The summed E-state index contributed by atoms with van der Waals surface area (Å²) >= 11 is 3.37. The molecule has 1 amide bonds. The molecule has 0 unspecified atom stereocenters. The lowest BCUT2D eigenvalue weighted by Gasteiger charge is -2.12.